The van der Waals surface area contributed by atoms with Crippen molar-refractivity contribution in [1.82, 2.24) is 4.90 Å². The number of ether oxygens (including phenoxy) is 3. The fourth-order valence-electron chi connectivity index (χ4n) is 2.71. The van der Waals surface area contributed by atoms with Gasteiger partial charge in [0.15, 0.2) is 11.5 Å². The summed E-state index contributed by atoms with van der Waals surface area (Å²) in [5, 5.41) is 0.970. The average molecular weight is 484 g/mol. The van der Waals surface area contributed by atoms with Crippen molar-refractivity contribution in [3.8, 4) is 11.5 Å². The average Bonchev–Trinajstić information content (AvgIpc) is 3.00. The van der Waals surface area contributed by atoms with Gasteiger partial charge in [-0.25, -0.2) is 0 Å². The van der Waals surface area contributed by atoms with E-state index in [-0.39, 0.29) is 5.91 Å². The van der Waals surface area contributed by atoms with Crippen molar-refractivity contribution in [3.05, 3.63) is 62.5 Å². The number of thiocarbonyl (C=S) groups is 1. The number of rotatable bonds is 8. The SMILES string of the molecule is COCCN1C(=O)C(=Cc2ccc(OCc3ccc(Cl)c(Cl)c3)c(OC)c2)SC1=S. The summed E-state index contributed by atoms with van der Waals surface area (Å²) < 4.78 is 16.9. The lowest BCUT2D eigenvalue weighted by atomic mass is 10.1. The highest BCUT2D eigenvalue weighted by atomic mass is 35.5. The van der Waals surface area contributed by atoms with Gasteiger partial charge in [-0.2, -0.15) is 0 Å². The Morgan fingerprint density at radius 1 is 1.10 bits per heavy atom. The molecule has 1 saturated heterocycles. The Hall–Kier alpha value is -1.77. The third kappa shape index (κ3) is 5.47. The predicted molar refractivity (Wildman–Crippen MR) is 126 cm³/mol. The molecule has 0 radical (unpaired) electrons. The highest BCUT2D eigenvalue weighted by molar-refractivity contribution is 8.26. The molecule has 2 aromatic rings. The number of hydrogen-bond donors (Lipinski definition) is 0. The molecule has 0 atom stereocenters. The second-order valence-electron chi connectivity index (χ2n) is 6.27. The number of carbonyl (C=O) groups is 1. The van der Waals surface area contributed by atoms with E-state index in [2.05, 4.69) is 0 Å². The second kappa shape index (κ2) is 10.5. The third-order valence-corrected chi connectivity index (χ3v) is 6.37. The minimum Gasteiger partial charge on any atom is -0.493 e. The van der Waals surface area contributed by atoms with Gasteiger partial charge in [0.05, 0.1) is 35.2 Å². The highest BCUT2D eigenvalue weighted by Gasteiger charge is 2.31. The summed E-state index contributed by atoms with van der Waals surface area (Å²) in [5.74, 6) is 1.01. The molecule has 158 valence electrons. The van der Waals surface area contributed by atoms with Crippen LogP contribution in [0.4, 0.5) is 0 Å². The number of hydrogen-bond acceptors (Lipinski definition) is 6. The molecule has 0 saturated carbocycles. The number of carbonyl (C=O) groups excluding carboxylic acids is 1. The highest BCUT2D eigenvalue weighted by Crippen LogP contribution is 2.35. The van der Waals surface area contributed by atoms with Crippen molar-refractivity contribution in [3.63, 3.8) is 0 Å². The molecular weight excluding hydrogens is 465 g/mol. The second-order valence-corrected chi connectivity index (χ2v) is 8.76. The maximum atomic E-state index is 12.6. The maximum Gasteiger partial charge on any atom is 0.266 e. The van der Waals surface area contributed by atoms with E-state index < -0.39 is 0 Å². The van der Waals surface area contributed by atoms with Gasteiger partial charge in [0, 0.05) is 7.11 Å². The maximum absolute atomic E-state index is 12.6. The van der Waals surface area contributed by atoms with Crippen LogP contribution in [-0.4, -0.2) is 42.5 Å². The van der Waals surface area contributed by atoms with E-state index in [9.17, 15) is 4.79 Å². The van der Waals surface area contributed by atoms with Crippen LogP contribution in [0.2, 0.25) is 10.0 Å². The zero-order valence-electron chi connectivity index (χ0n) is 16.3. The molecule has 1 amide bonds. The van der Waals surface area contributed by atoms with Crippen LogP contribution in [0.5, 0.6) is 11.5 Å². The van der Waals surface area contributed by atoms with Crippen LogP contribution in [0, 0.1) is 0 Å². The molecule has 30 heavy (non-hydrogen) atoms. The summed E-state index contributed by atoms with van der Waals surface area (Å²) in [6.45, 7) is 1.17. The van der Waals surface area contributed by atoms with Gasteiger partial charge < -0.3 is 14.2 Å². The first kappa shape index (κ1) is 22.9. The third-order valence-electron chi connectivity index (χ3n) is 4.26. The van der Waals surface area contributed by atoms with Gasteiger partial charge in [-0.1, -0.05) is 59.3 Å². The molecule has 0 spiro atoms. The number of benzene rings is 2. The van der Waals surface area contributed by atoms with Gasteiger partial charge >= 0.3 is 0 Å². The first-order valence-electron chi connectivity index (χ1n) is 8.92. The lowest BCUT2D eigenvalue weighted by Crippen LogP contribution is -2.31. The van der Waals surface area contributed by atoms with Crippen LogP contribution in [0.25, 0.3) is 6.08 Å². The molecule has 9 heteroatoms. The lowest BCUT2D eigenvalue weighted by molar-refractivity contribution is -0.122. The molecule has 0 N–H and O–H groups in total. The number of methoxy groups -OCH3 is 2. The molecule has 1 aliphatic heterocycles. The molecule has 2 aromatic carbocycles. The summed E-state index contributed by atoms with van der Waals surface area (Å²) >= 11 is 18.6. The van der Waals surface area contributed by atoms with Crippen LogP contribution >= 0.6 is 47.2 Å². The molecule has 1 aliphatic rings. The molecule has 0 unspecified atom stereocenters. The number of halogens is 2. The van der Waals surface area contributed by atoms with Crippen LogP contribution in [0.15, 0.2) is 41.3 Å². The van der Waals surface area contributed by atoms with Crippen molar-refractivity contribution < 1.29 is 19.0 Å². The smallest absolute Gasteiger partial charge is 0.266 e. The molecule has 1 heterocycles. The molecule has 3 rings (SSSR count). The fourth-order valence-corrected chi connectivity index (χ4v) is 4.34. The molecular formula is C21H19Cl2NO4S2. The fraction of sp³-hybridized carbons (Fsp3) is 0.238. The van der Waals surface area contributed by atoms with E-state index in [1.165, 1.54) is 11.8 Å². The number of nitrogens with zero attached hydrogens (tertiary/aromatic N) is 1. The number of thioether (sulfide) groups is 1. The molecule has 0 bridgehead atoms. The topological polar surface area (TPSA) is 48.0 Å². The van der Waals surface area contributed by atoms with Crippen LogP contribution in [0.1, 0.15) is 11.1 Å². The molecule has 5 nitrogen and oxygen atoms in total. The Kier molecular flexibility index (Phi) is 8.02. The van der Waals surface area contributed by atoms with Crippen molar-refractivity contribution in [2.24, 2.45) is 0 Å². The normalized spacial score (nSPS) is 15.2. The van der Waals surface area contributed by atoms with E-state index in [0.717, 1.165) is 11.1 Å². The van der Waals surface area contributed by atoms with Crippen LogP contribution < -0.4 is 9.47 Å². The van der Waals surface area contributed by atoms with E-state index >= 15 is 0 Å². The van der Waals surface area contributed by atoms with Crippen molar-refractivity contribution in [1.29, 1.82) is 0 Å². The first-order chi connectivity index (χ1) is 14.4. The van der Waals surface area contributed by atoms with Crippen LogP contribution in [0.3, 0.4) is 0 Å². The Morgan fingerprint density at radius 2 is 1.90 bits per heavy atom. The zero-order valence-corrected chi connectivity index (χ0v) is 19.5. The monoisotopic (exact) mass is 483 g/mol. The summed E-state index contributed by atoms with van der Waals surface area (Å²) in [7, 11) is 3.15. The van der Waals surface area contributed by atoms with Crippen molar-refractivity contribution in [2.45, 2.75) is 6.61 Å². The number of amides is 1. The Morgan fingerprint density at radius 3 is 2.60 bits per heavy atom. The van der Waals surface area contributed by atoms with Crippen molar-refractivity contribution >= 4 is 63.5 Å². The first-order valence-corrected chi connectivity index (χ1v) is 10.9. The molecule has 1 fully saturated rings. The summed E-state index contributed by atoms with van der Waals surface area (Å²) in [4.78, 5) is 14.7. The van der Waals surface area contributed by atoms with Gasteiger partial charge in [0.2, 0.25) is 0 Å². The minimum atomic E-state index is -0.124. The predicted octanol–water partition coefficient (Wildman–Crippen LogP) is 5.43. The largest absolute Gasteiger partial charge is 0.493 e. The van der Waals surface area contributed by atoms with E-state index in [1.54, 1.807) is 43.4 Å². The van der Waals surface area contributed by atoms with E-state index in [0.29, 0.717) is 50.5 Å². The summed E-state index contributed by atoms with van der Waals surface area (Å²) in [6, 6.07) is 10.8. The zero-order chi connectivity index (χ0) is 21.7. The molecule has 0 aromatic heterocycles. The van der Waals surface area contributed by atoms with Gasteiger partial charge in [-0.05, 0) is 41.5 Å². The van der Waals surface area contributed by atoms with Gasteiger partial charge in [-0.15, -0.1) is 0 Å². The minimum absolute atomic E-state index is 0.124. The Bertz CT molecular complexity index is 997. The Balaban J connectivity index is 1.74. The summed E-state index contributed by atoms with van der Waals surface area (Å²) in [6.07, 6.45) is 1.79. The standard InChI is InChI=1S/C21H19Cl2NO4S2/c1-26-8-7-24-20(25)19(30-21(24)29)11-13-4-6-17(18(10-13)27-2)28-12-14-3-5-15(22)16(23)9-14/h3-6,9-11H,7-8,12H2,1-2H3. The summed E-state index contributed by atoms with van der Waals surface area (Å²) in [5.41, 5.74) is 1.69. The van der Waals surface area contributed by atoms with E-state index in [4.69, 9.17) is 49.6 Å². The van der Waals surface area contributed by atoms with Crippen LogP contribution in [-0.2, 0) is 16.1 Å². The van der Waals surface area contributed by atoms with Gasteiger partial charge in [0.1, 0.15) is 10.9 Å². The quantitative estimate of drug-likeness (QED) is 0.368. The van der Waals surface area contributed by atoms with Gasteiger partial charge in [0.25, 0.3) is 5.91 Å². The van der Waals surface area contributed by atoms with Crippen molar-refractivity contribution in [2.75, 3.05) is 27.4 Å². The Labute approximate surface area is 194 Å². The van der Waals surface area contributed by atoms with E-state index in [1.807, 2.05) is 18.2 Å². The lowest BCUT2D eigenvalue weighted by Gasteiger charge is -2.13. The molecule has 0 aliphatic carbocycles. The van der Waals surface area contributed by atoms with Gasteiger partial charge in [-0.3, -0.25) is 9.69 Å².